The minimum Gasteiger partial charge on any atom is -0.444 e. The molecule has 0 aliphatic heterocycles. The van der Waals surface area contributed by atoms with E-state index in [0.717, 1.165) is 12.8 Å². The van der Waals surface area contributed by atoms with Crippen LogP contribution in [0.3, 0.4) is 0 Å². The van der Waals surface area contributed by atoms with Crippen LogP contribution in [0.1, 0.15) is 44.1 Å². The number of fused-ring (bicyclic) bond motifs is 1. The van der Waals surface area contributed by atoms with E-state index in [1.807, 2.05) is 6.07 Å². The van der Waals surface area contributed by atoms with Crippen LogP contribution in [0, 0.1) is 0 Å². The molecule has 0 saturated heterocycles. The van der Waals surface area contributed by atoms with Gasteiger partial charge in [0.2, 0.25) is 0 Å². The number of ether oxygens (including phenoxy) is 2. The van der Waals surface area contributed by atoms with Gasteiger partial charge in [-0.3, -0.25) is 0 Å². The van der Waals surface area contributed by atoms with Gasteiger partial charge in [0.05, 0.1) is 0 Å². The molecule has 6 heteroatoms. The smallest absolute Gasteiger partial charge is 0.408 e. The topological polar surface area (TPSA) is 64.6 Å². The molecule has 21 heavy (non-hydrogen) atoms. The molecule has 1 aliphatic carbocycles. The normalized spacial score (nSPS) is 14.2. The SMILES string of the molecule is CC(C)(C)OC(=O)NCC(=O)Oc1cc2c(s1)CCCC2. The number of esters is 1. The molecule has 0 aromatic carbocycles. The molecule has 0 atom stereocenters. The fraction of sp³-hybridized carbons (Fsp3) is 0.600. The Morgan fingerprint density at radius 3 is 2.67 bits per heavy atom. The monoisotopic (exact) mass is 311 g/mol. The molecule has 0 saturated carbocycles. The van der Waals surface area contributed by atoms with E-state index in [-0.39, 0.29) is 6.54 Å². The van der Waals surface area contributed by atoms with Crippen LogP contribution in [0.5, 0.6) is 5.06 Å². The molecule has 0 spiro atoms. The number of thiophene rings is 1. The molecule has 0 bridgehead atoms. The Morgan fingerprint density at radius 2 is 2.00 bits per heavy atom. The van der Waals surface area contributed by atoms with Crippen molar-refractivity contribution in [1.82, 2.24) is 5.32 Å². The molecule has 1 aliphatic rings. The van der Waals surface area contributed by atoms with E-state index < -0.39 is 17.7 Å². The summed E-state index contributed by atoms with van der Waals surface area (Å²) in [5, 5.41) is 3.00. The largest absolute Gasteiger partial charge is 0.444 e. The average Bonchev–Trinajstić information content (AvgIpc) is 2.76. The lowest BCUT2D eigenvalue weighted by Gasteiger charge is -2.19. The van der Waals surface area contributed by atoms with Crippen LogP contribution < -0.4 is 10.1 Å². The van der Waals surface area contributed by atoms with Gasteiger partial charge in [-0.25, -0.2) is 9.59 Å². The lowest BCUT2D eigenvalue weighted by atomic mass is 10.00. The maximum atomic E-state index is 11.7. The van der Waals surface area contributed by atoms with E-state index in [0.29, 0.717) is 5.06 Å². The van der Waals surface area contributed by atoms with E-state index in [2.05, 4.69) is 5.32 Å². The molecule has 1 aromatic heterocycles. The van der Waals surface area contributed by atoms with Gasteiger partial charge in [-0.15, -0.1) is 11.3 Å². The fourth-order valence-electron chi connectivity index (χ4n) is 2.12. The summed E-state index contributed by atoms with van der Waals surface area (Å²) in [7, 11) is 0. The molecule has 2 rings (SSSR count). The predicted molar refractivity (Wildman–Crippen MR) is 80.8 cm³/mol. The Hall–Kier alpha value is -1.56. The van der Waals surface area contributed by atoms with E-state index in [1.165, 1.54) is 34.6 Å². The number of nitrogens with one attached hydrogen (secondary N) is 1. The average molecular weight is 311 g/mol. The summed E-state index contributed by atoms with van der Waals surface area (Å²) in [6.07, 6.45) is 3.89. The van der Waals surface area contributed by atoms with Crippen molar-refractivity contribution in [3.8, 4) is 5.06 Å². The standard InChI is InChI=1S/C15H21NO4S/c1-15(2,3)20-14(18)16-9-12(17)19-13-8-10-6-4-5-7-11(10)21-13/h8H,4-7,9H2,1-3H3,(H,16,18). The third-order valence-electron chi connectivity index (χ3n) is 2.96. The molecule has 1 amide bonds. The molecule has 1 N–H and O–H groups in total. The van der Waals surface area contributed by atoms with Gasteiger partial charge in [0.1, 0.15) is 12.1 Å². The van der Waals surface area contributed by atoms with Crippen molar-refractivity contribution in [3.05, 3.63) is 16.5 Å². The minimum absolute atomic E-state index is 0.197. The Labute approximate surface area is 128 Å². The van der Waals surface area contributed by atoms with E-state index in [4.69, 9.17) is 9.47 Å². The van der Waals surface area contributed by atoms with Crippen molar-refractivity contribution < 1.29 is 19.1 Å². The maximum absolute atomic E-state index is 11.7. The molecule has 116 valence electrons. The lowest BCUT2D eigenvalue weighted by molar-refractivity contribution is -0.133. The summed E-state index contributed by atoms with van der Waals surface area (Å²) in [5.74, 6) is -0.487. The van der Waals surface area contributed by atoms with Gasteiger partial charge in [-0.2, -0.15) is 0 Å². The van der Waals surface area contributed by atoms with Crippen LogP contribution in [-0.2, 0) is 22.4 Å². The number of aryl methyl sites for hydroxylation is 2. The lowest BCUT2D eigenvalue weighted by Crippen LogP contribution is -2.36. The van der Waals surface area contributed by atoms with Crippen LogP contribution in [0.2, 0.25) is 0 Å². The molecule has 1 heterocycles. The highest BCUT2D eigenvalue weighted by Crippen LogP contribution is 2.34. The summed E-state index contributed by atoms with van der Waals surface area (Å²) >= 11 is 1.52. The van der Waals surface area contributed by atoms with Crippen molar-refractivity contribution in [1.29, 1.82) is 0 Å². The summed E-state index contributed by atoms with van der Waals surface area (Å²) in [4.78, 5) is 24.5. The third kappa shape index (κ3) is 5.04. The number of rotatable bonds is 3. The van der Waals surface area contributed by atoms with Gasteiger partial charge < -0.3 is 14.8 Å². The first-order chi connectivity index (χ1) is 9.83. The molecule has 0 unspecified atom stereocenters. The van der Waals surface area contributed by atoms with Gasteiger partial charge in [-0.1, -0.05) is 0 Å². The van der Waals surface area contributed by atoms with E-state index >= 15 is 0 Å². The molecule has 1 aromatic rings. The number of hydrogen-bond donors (Lipinski definition) is 1. The van der Waals surface area contributed by atoms with Crippen molar-refractivity contribution in [2.75, 3.05) is 6.54 Å². The molecule has 5 nitrogen and oxygen atoms in total. The van der Waals surface area contributed by atoms with Crippen LogP contribution in [0.25, 0.3) is 0 Å². The minimum atomic E-state index is -0.620. The highest BCUT2D eigenvalue weighted by atomic mass is 32.1. The van der Waals surface area contributed by atoms with Crippen molar-refractivity contribution in [3.63, 3.8) is 0 Å². The first-order valence-electron chi connectivity index (χ1n) is 7.12. The number of carbonyl (C=O) groups is 2. The van der Waals surface area contributed by atoms with Gasteiger partial charge in [0.25, 0.3) is 0 Å². The van der Waals surface area contributed by atoms with Crippen LogP contribution in [0.4, 0.5) is 4.79 Å². The first kappa shape index (κ1) is 15.8. The zero-order chi connectivity index (χ0) is 15.5. The highest BCUT2D eigenvalue weighted by Gasteiger charge is 2.18. The maximum Gasteiger partial charge on any atom is 0.408 e. The predicted octanol–water partition coefficient (Wildman–Crippen LogP) is 3.06. The first-order valence-corrected chi connectivity index (χ1v) is 7.94. The Kier molecular flexibility index (Phi) is 4.88. The number of carbonyl (C=O) groups excluding carboxylic acids is 2. The second-order valence-electron chi connectivity index (χ2n) is 6.05. The molecular weight excluding hydrogens is 290 g/mol. The van der Waals surface area contributed by atoms with Crippen molar-refractivity contribution in [2.45, 2.75) is 52.1 Å². The zero-order valence-electron chi connectivity index (χ0n) is 12.7. The molecule has 0 radical (unpaired) electrons. The number of hydrogen-bond acceptors (Lipinski definition) is 5. The highest BCUT2D eigenvalue weighted by molar-refractivity contribution is 7.14. The van der Waals surface area contributed by atoms with E-state index in [9.17, 15) is 9.59 Å². The second kappa shape index (κ2) is 6.47. The summed E-state index contributed by atoms with van der Waals surface area (Å²) in [6, 6.07) is 1.94. The van der Waals surface area contributed by atoms with E-state index in [1.54, 1.807) is 20.8 Å². The van der Waals surface area contributed by atoms with Crippen LogP contribution in [-0.4, -0.2) is 24.2 Å². The third-order valence-corrected chi connectivity index (χ3v) is 4.08. The second-order valence-corrected chi connectivity index (χ2v) is 7.15. The molecule has 0 fully saturated rings. The van der Waals surface area contributed by atoms with Crippen LogP contribution >= 0.6 is 11.3 Å². The van der Waals surface area contributed by atoms with Crippen molar-refractivity contribution >= 4 is 23.4 Å². The zero-order valence-corrected chi connectivity index (χ0v) is 13.5. The van der Waals surface area contributed by atoms with Crippen molar-refractivity contribution in [2.24, 2.45) is 0 Å². The fourth-order valence-corrected chi connectivity index (χ4v) is 3.24. The number of alkyl carbamates (subject to hydrolysis) is 1. The van der Waals surface area contributed by atoms with Gasteiger partial charge in [0, 0.05) is 4.88 Å². The Bertz CT molecular complexity index is 507. The van der Waals surface area contributed by atoms with Gasteiger partial charge in [0.15, 0.2) is 5.06 Å². The summed E-state index contributed by atoms with van der Waals surface area (Å²) < 4.78 is 10.3. The quantitative estimate of drug-likeness (QED) is 0.871. The number of amides is 1. The Morgan fingerprint density at radius 1 is 1.29 bits per heavy atom. The summed E-state index contributed by atoms with van der Waals surface area (Å²) in [5.41, 5.74) is 0.704. The molecular formula is C15H21NO4S. The van der Waals surface area contributed by atoms with Gasteiger partial charge >= 0.3 is 12.1 Å². The summed E-state index contributed by atoms with van der Waals surface area (Å²) in [6.45, 7) is 5.10. The Balaban J connectivity index is 1.79. The van der Waals surface area contributed by atoms with Crippen LogP contribution in [0.15, 0.2) is 6.07 Å². The van der Waals surface area contributed by atoms with Gasteiger partial charge in [-0.05, 0) is 58.1 Å².